The minimum Gasteiger partial charge on any atom is -0.366 e. The Morgan fingerprint density at radius 2 is 1.95 bits per heavy atom. The number of anilines is 2. The van der Waals surface area contributed by atoms with E-state index in [2.05, 4.69) is 25.5 Å². The van der Waals surface area contributed by atoms with Gasteiger partial charge < -0.3 is 15.5 Å². The van der Waals surface area contributed by atoms with Crippen LogP contribution in [0.15, 0.2) is 6.07 Å². The molecule has 1 unspecified atom stereocenters. The van der Waals surface area contributed by atoms with Gasteiger partial charge in [0.05, 0.1) is 0 Å². The molecule has 4 rings (SSSR count). The van der Waals surface area contributed by atoms with Gasteiger partial charge in [-0.15, -0.1) is 0 Å². The molecule has 1 aromatic rings. The monoisotopic (exact) mass is 301 g/mol. The van der Waals surface area contributed by atoms with Gasteiger partial charge in [-0.3, -0.25) is 0 Å². The first-order valence-corrected chi connectivity index (χ1v) is 7.08. The highest BCUT2D eigenvalue weighted by Crippen LogP contribution is 2.32. The standard InChI is InChI=1S/C13H18F3N5/c1-17-12-19-10(13(14,15)16)6-11(20-12)18-9-7-21-4-2-8(9)3-5-21/h6,8-9H,2-5,7H2,1H3,(H2,17,18,19,20). The molecule has 8 heteroatoms. The van der Waals surface area contributed by atoms with Crippen LogP contribution in [0.25, 0.3) is 0 Å². The zero-order chi connectivity index (χ0) is 15.0. The topological polar surface area (TPSA) is 53.1 Å². The van der Waals surface area contributed by atoms with Gasteiger partial charge in [0, 0.05) is 25.7 Å². The molecule has 1 atom stereocenters. The van der Waals surface area contributed by atoms with E-state index in [9.17, 15) is 13.2 Å². The predicted molar refractivity (Wildman–Crippen MR) is 73.2 cm³/mol. The first-order chi connectivity index (χ1) is 9.95. The number of piperidine rings is 3. The van der Waals surface area contributed by atoms with Crippen molar-refractivity contribution in [2.24, 2.45) is 5.92 Å². The van der Waals surface area contributed by atoms with E-state index in [1.807, 2.05) is 0 Å². The van der Waals surface area contributed by atoms with Gasteiger partial charge in [-0.2, -0.15) is 18.2 Å². The largest absolute Gasteiger partial charge is 0.433 e. The van der Waals surface area contributed by atoms with E-state index in [0.717, 1.165) is 38.5 Å². The van der Waals surface area contributed by atoms with E-state index in [1.165, 1.54) is 7.05 Å². The summed E-state index contributed by atoms with van der Waals surface area (Å²) in [7, 11) is 1.51. The number of hydrogen-bond acceptors (Lipinski definition) is 5. The lowest BCUT2D eigenvalue weighted by atomic mass is 9.84. The molecule has 3 aliphatic rings. The van der Waals surface area contributed by atoms with Crippen molar-refractivity contribution in [3.8, 4) is 0 Å². The summed E-state index contributed by atoms with van der Waals surface area (Å²) in [6, 6.07) is 1.14. The lowest BCUT2D eigenvalue weighted by molar-refractivity contribution is -0.141. The van der Waals surface area contributed by atoms with Crippen LogP contribution in [-0.2, 0) is 6.18 Å². The molecule has 0 aliphatic carbocycles. The third kappa shape index (κ3) is 3.04. The lowest BCUT2D eigenvalue weighted by Crippen LogP contribution is -2.53. The van der Waals surface area contributed by atoms with Crippen LogP contribution < -0.4 is 10.6 Å². The molecule has 1 aromatic heterocycles. The van der Waals surface area contributed by atoms with Gasteiger partial charge in [-0.05, 0) is 31.8 Å². The van der Waals surface area contributed by atoms with Crippen molar-refractivity contribution in [2.75, 3.05) is 37.3 Å². The molecule has 0 spiro atoms. The van der Waals surface area contributed by atoms with Gasteiger partial charge in [0.25, 0.3) is 0 Å². The molecule has 0 saturated carbocycles. The number of alkyl halides is 3. The van der Waals surface area contributed by atoms with Crippen molar-refractivity contribution in [3.05, 3.63) is 11.8 Å². The number of aromatic nitrogens is 2. The van der Waals surface area contributed by atoms with Gasteiger partial charge in [-0.1, -0.05) is 0 Å². The fraction of sp³-hybridized carbons (Fsp3) is 0.692. The Balaban J connectivity index is 1.81. The molecule has 3 aliphatic heterocycles. The van der Waals surface area contributed by atoms with Gasteiger partial charge in [0.15, 0.2) is 5.69 Å². The average Bonchev–Trinajstić information content (AvgIpc) is 2.47. The summed E-state index contributed by atoms with van der Waals surface area (Å²) in [5, 5.41) is 5.75. The zero-order valence-corrected chi connectivity index (χ0v) is 11.7. The smallest absolute Gasteiger partial charge is 0.366 e. The molecule has 3 saturated heterocycles. The molecule has 116 valence electrons. The maximum atomic E-state index is 12.9. The highest BCUT2D eigenvalue weighted by Gasteiger charge is 2.36. The highest BCUT2D eigenvalue weighted by atomic mass is 19.4. The van der Waals surface area contributed by atoms with E-state index in [1.54, 1.807) is 0 Å². The molecule has 2 N–H and O–H groups in total. The molecule has 2 bridgehead atoms. The quantitative estimate of drug-likeness (QED) is 0.895. The fourth-order valence-corrected chi connectivity index (χ4v) is 3.10. The molecule has 0 aromatic carbocycles. The maximum Gasteiger partial charge on any atom is 0.433 e. The van der Waals surface area contributed by atoms with Crippen molar-refractivity contribution < 1.29 is 13.2 Å². The third-order valence-corrected chi connectivity index (χ3v) is 4.23. The summed E-state index contributed by atoms with van der Waals surface area (Å²) in [4.78, 5) is 9.89. The normalized spacial score (nSPS) is 28.5. The second kappa shape index (κ2) is 5.32. The van der Waals surface area contributed by atoms with Gasteiger partial charge in [0.1, 0.15) is 5.82 Å². The van der Waals surface area contributed by atoms with E-state index >= 15 is 0 Å². The zero-order valence-electron chi connectivity index (χ0n) is 11.7. The van der Waals surface area contributed by atoms with Crippen molar-refractivity contribution >= 4 is 11.8 Å². The summed E-state index contributed by atoms with van der Waals surface area (Å²) in [5.41, 5.74) is -0.925. The summed E-state index contributed by atoms with van der Waals surface area (Å²) in [5.74, 6) is 0.728. The third-order valence-electron chi connectivity index (χ3n) is 4.23. The van der Waals surface area contributed by atoms with Crippen LogP contribution in [-0.4, -0.2) is 47.6 Å². The number of fused-ring (bicyclic) bond motifs is 3. The van der Waals surface area contributed by atoms with Crippen molar-refractivity contribution in [2.45, 2.75) is 25.1 Å². The Morgan fingerprint density at radius 3 is 2.48 bits per heavy atom. The lowest BCUT2D eigenvalue weighted by Gasteiger charge is -2.45. The highest BCUT2D eigenvalue weighted by molar-refractivity contribution is 5.44. The number of nitrogens with zero attached hydrogens (tertiary/aromatic N) is 3. The van der Waals surface area contributed by atoms with E-state index in [-0.39, 0.29) is 17.8 Å². The Bertz CT molecular complexity index is 511. The number of rotatable bonds is 3. The van der Waals surface area contributed by atoms with Crippen molar-refractivity contribution in [1.82, 2.24) is 14.9 Å². The number of hydrogen-bond donors (Lipinski definition) is 2. The predicted octanol–water partition coefficient (Wildman–Crippen LogP) is 2.04. The summed E-state index contributed by atoms with van der Waals surface area (Å²) in [6.45, 7) is 3.04. The van der Waals surface area contributed by atoms with Gasteiger partial charge in [-0.25, -0.2) is 4.98 Å². The van der Waals surface area contributed by atoms with Gasteiger partial charge in [0.2, 0.25) is 5.95 Å². The minimum atomic E-state index is -4.47. The molecule has 0 amide bonds. The molecular formula is C13H18F3N5. The first kappa shape index (κ1) is 14.4. The molecular weight excluding hydrogens is 283 g/mol. The minimum absolute atomic E-state index is 0.0198. The van der Waals surface area contributed by atoms with Crippen LogP contribution in [0.2, 0.25) is 0 Å². The Labute approximate surface area is 120 Å². The SMILES string of the molecule is CNc1nc(NC2CN3CCC2CC3)cc(C(F)(F)F)n1. The first-order valence-electron chi connectivity index (χ1n) is 7.08. The van der Waals surface area contributed by atoms with E-state index in [4.69, 9.17) is 0 Å². The maximum absolute atomic E-state index is 12.9. The number of nitrogens with one attached hydrogen (secondary N) is 2. The van der Waals surface area contributed by atoms with Crippen LogP contribution in [0, 0.1) is 5.92 Å². The molecule has 21 heavy (non-hydrogen) atoms. The molecule has 5 nitrogen and oxygen atoms in total. The molecule has 4 heterocycles. The second-order valence-corrected chi connectivity index (χ2v) is 5.60. The van der Waals surface area contributed by atoms with E-state index < -0.39 is 11.9 Å². The van der Waals surface area contributed by atoms with Crippen LogP contribution in [0.4, 0.5) is 24.9 Å². The Hall–Kier alpha value is -1.57. The summed E-state index contributed by atoms with van der Waals surface area (Å²) < 4.78 is 38.6. The van der Waals surface area contributed by atoms with Crippen LogP contribution in [0.5, 0.6) is 0 Å². The van der Waals surface area contributed by atoms with Crippen LogP contribution in [0.3, 0.4) is 0 Å². The van der Waals surface area contributed by atoms with Crippen molar-refractivity contribution in [3.63, 3.8) is 0 Å². The van der Waals surface area contributed by atoms with E-state index in [0.29, 0.717) is 5.92 Å². The van der Waals surface area contributed by atoms with Crippen molar-refractivity contribution in [1.29, 1.82) is 0 Å². The number of halogens is 3. The Morgan fingerprint density at radius 1 is 1.24 bits per heavy atom. The van der Waals surface area contributed by atoms with Gasteiger partial charge >= 0.3 is 6.18 Å². The molecule has 3 fully saturated rings. The van der Waals surface area contributed by atoms with Crippen LogP contribution >= 0.6 is 0 Å². The molecule has 0 radical (unpaired) electrons. The Kier molecular flexibility index (Phi) is 3.64. The average molecular weight is 301 g/mol. The van der Waals surface area contributed by atoms with Crippen LogP contribution in [0.1, 0.15) is 18.5 Å². The fourth-order valence-electron chi connectivity index (χ4n) is 3.10. The summed E-state index contributed by atoms with van der Waals surface area (Å²) >= 11 is 0. The summed E-state index contributed by atoms with van der Waals surface area (Å²) in [6.07, 6.45) is -2.29. The second-order valence-electron chi connectivity index (χ2n) is 5.60.